The number of ether oxygens (including phenoxy) is 3. The molecule has 2 heterocycles. The van der Waals surface area contributed by atoms with Crippen molar-refractivity contribution in [1.29, 1.82) is 0 Å². The average molecular weight is 271 g/mol. The molecular formula is C15H29NO3. The number of hydrogen-bond acceptors (Lipinski definition) is 4. The molecule has 2 rings (SSSR count). The van der Waals surface area contributed by atoms with Gasteiger partial charge in [-0.15, -0.1) is 0 Å². The van der Waals surface area contributed by atoms with Gasteiger partial charge in [0.1, 0.15) is 0 Å². The molecule has 0 radical (unpaired) electrons. The van der Waals surface area contributed by atoms with Gasteiger partial charge in [0.15, 0.2) is 6.29 Å². The van der Waals surface area contributed by atoms with Crippen LogP contribution < -0.4 is 0 Å². The summed E-state index contributed by atoms with van der Waals surface area (Å²) in [6.45, 7) is 11.0. The van der Waals surface area contributed by atoms with Crippen molar-refractivity contribution in [2.45, 2.75) is 45.8 Å². The molecule has 0 saturated carbocycles. The van der Waals surface area contributed by atoms with Crippen LogP contribution in [0.2, 0.25) is 0 Å². The van der Waals surface area contributed by atoms with E-state index >= 15 is 0 Å². The van der Waals surface area contributed by atoms with Crippen molar-refractivity contribution in [2.24, 2.45) is 5.41 Å². The summed E-state index contributed by atoms with van der Waals surface area (Å²) >= 11 is 0. The zero-order valence-electron chi connectivity index (χ0n) is 12.5. The normalized spacial score (nSPS) is 23.5. The Morgan fingerprint density at radius 1 is 1.11 bits per heavy atom. The smallest absolute Gasteiger partial charge is 0.158 e. The number of hydrogen-bond donors (Lipinski definition) is 0. The van der Waals surface area contributed by atoms with Crippen molar-refractivity contribution >= 4 is 0 Å². The van der Waals surface area contributed by atoms with E-state index in [1.54, 1.807) is 0 Å². The van der Waals surface area contributed by atoms with Crippen LogP contribution in [0, 0.1) is 5.41 Å². The van der Waals surface area contributed by atoms with Crippen molar-refractivity contribution in [3.8, 4) is 0 Å². The summed E-state index contributed by atoms with van der Waals surface area (Å²) in [5, 5.41) is 0. The van der Waals surface area contributed by atoms with Gasteiger partial charge in [-0.05, 0) is 45.1 Å². The van der Waals surface area contributed by atoms with Gasteiger partial charge in [0.25, 0.3) is 0 Å². The van der Waals surface area contributed by atoms with Gasteiger partial charge < -0.3 is 19.1 Å². The van der Waals surface area contributed by atoms with Crippen molar-refractivity contribution in [3.63, 3.8) is 0 Å². The Morgan fingerprint density at radius 2 is 1.79 bits per heavy atom. The third kappa shape index (κ3) is 4.42. The van der Waals surface area contributed by atoms with Gasteiger partial charge in [0.2, 0.25) is 0 Å². The summed E-state index contributed by atoms with van der Waals surface area (Å²) < 4.78 is 16.7. The predicted octanol–water partition coefficient (Wildman–Crippen LogP) is 2.28. The van der Waals surface area contributed by atoms with Gasteiger partial charge in [-0.3, -0.25) is 0 Å². The van der Waals surface area contributed by atoms with Crippen molar-refractivity contribution in [3.05, 3.63) is 0 Å². The lowest BCUT2D eigenvalue weighted by molar-refractivity contribution is -0.141. The molecule has 0 unspecified atom stereocenters. The van der Waals surface area contributed by atoms with Gasteiger partial charge in [-0.25, -0.2) is 0 Å². The maximum absolute atomic E-state index is 5.61. The minimum atomic E-state index is -0.0266. The third-order valence-electron chi connectivity index (χ3n) is 4.46. The Kier molecular flexibility index (Phi) is 6.07. The zero-order chi connectivity index (χ0) is 13.6. The van der Waals surface area contributed by atoms with E-state index in [0.29, 0.717) is 5.41 Å². The van der Waals surface area contributed by atoms with E-state index in [1.165, 1.54) is 32.4 Å². The highest BCUT2D eigenvalue weighted by atomic mass is 16.7. The summed E-state index contributed by atoms with van der Waals surface area (Å²) in [5.74, 6) is 0. The third-order valence-corrected chi connectivity index (χ3v) is 4.46. The van der Waals surface area contributed by atoms with Crippen molar-refractivity contribution in [2.75, 3.05) is 46.1 Å². The van der Waals surface area contributed by atoms with Crippen LogP contribution in [0.25, 0.3) is 0 Å². The fourth-order valence-corrected chi connectivity index (χ4v) is 3.31. The number of likely N-dealkylation sites (tertiary alicyclic amines) is 1. The van der Waals surface area contributed by atoms with Gasteiger partial charge in [-0.1, -0.05) is 0 Å². The molecule has 4 nitrogen and oxygen atoms in total. The SMILES string of the molecule is CCOC(CCN1CCC2(CCOCC2)C1)OCC. The summed E-state index contributed by atoms with van der Waals surface area (Å²) in [7, 11) is 0. The van der Waals surface area contributed by atoms with Crippen LogP contribution in [0.1, 0.15) is 39.5 Å². The zero-order valence-corrected chi connectivity index (χ0v) is 12.5. The van der Waals surface area contributed by atoms with Crippen LogP contribution in [-0.4, -0.2) is 57.3 Å². The molecule has 0 amide bonds. The van der Waals surface area contributed by atoms with Gasteiger partial charge in [0.05, 0.1) is 0 Å². The Hall–Kier alpha value is -0.160. The molecule has 112 valence electrons. The van der Waals surface area contributed by atoms with E-state index in [1.807, 2.05) is 13.8 Å². The van der Waals surface area contributed by atoms with E-state index in [4.69, 9.17) is 14.2 Å². The van der Waals surface area contributed by atoms with E-state index in [2.05, 4.69) is 4.90 Å². The number of nitrogens with zero attached hydrogens (tertiary/aromatic N) is 1. The minimum Gasteiger partial charge on any atom is -0.381 e. The molecule has 2 saturated heterocycles. The molecule has 0 atom stereocenters. The fourth-order valence-electron chi connectivity index (χ4n) is 3.31. The first-order chi connectivity index (χ1) is 9.28. The molecule has 4 heteroatoms. The molecule has 2 aliphatic heterocycles. The Labute approximate surface area is 117 Å². The van der Waals surface area contributed by atoms with Crippen LogP contribution in [0.3, 0.4) is 0 Å². The van der Waals surface area contributed by atoms with Crippen LogP contribution in [0.5, 0.6) is 0 Å². The maximum Gasteiger partial charge on any atom is 0.158 e. The van der Waals surface area contributed by atoms with Crippen molar-refractivity contribution < 1.29 is 14.2 Å². The molecule has 1 spiro atoms. The Bertz CT molecular complexity index is 248. The van der Waals surface area contributed by atoms with E-state index < -0.39 is 0 Å². The molecule has 2 aliphatic rings. The van der Waals surface area contributed by atoms with Gasteiger partial charge >= 0.3 is 0 Å². The first-order valence-electron chi connectivity index (χ1n) is 7.81. The summed E-state index contributed by atoms with van der Waals surface area (Å²) in [6.07, 6.45) is 4.77. The fraction of sp³-hybridized carbons (Fsp3) is 1.00. The second-order valence-corrected chi connectivity index (χ2v) is 5.77. The second-order valence-electron chi connectivity index (χ2n) is 5.77. The van der Waals surface area contributed by atoms with E-state index in [-0.39, 0.29) is 6.29 Å². The minimum absolute atomic E-state index is 0.0266. The lowest BCUT2D eigenvalue weighted by atomic mass is 9.80. The summed E-state index contributed by atoms with van der Waals surface area (Å²) in [5.41, 5.74) is 0.547. The lowest BCUT2D eigenvalue weighted by Gasteiger charge is -2.33. The highest BCUT2D eigenvalue weighted by Gasteiger charge is 2.39. The molecular weight excluding hydrogens is 242 g/mol. The standard InChI is InChI=1S/C15H29NO3/c1-3-18-14(19-4-2)5-9-16-10-6-15(13-16)7-11-17-12-8-15/h14H,3-13H2,1-2H3. The first kappa shape index (κ1) is 15.2. The van der Waals surface area contributed by atoms with Crippen LogP contribution >= 0.6 is 0 Å². The maximum atomic E-state index is 5.61. The average Bonchev–Trinajstić information content (AvgIpc) is 2.80. The highest BCUT2D eigenvalue weighted by Crippen LogP contribution is 2.39. The molecule has 0 aliphatic carbocycles. The molecule has 0 aromatic heterocycles. The van der Waals surface area contributed by atoms with E-state index in [9.17, 15) is 0 Å². The predicted molar refractivity (Wildman–Crippen MR) is 75.2 cm³/mol. The monoisotopic (exact) mass is 271 g/mol. The first-order valence-corrected chi connectivity index (χ1v) is 7.81. The van der Waals surface area contributed by atoms with Gasteiger partial charge in [0, 0.05) is 45.9 Å². The lowest BCUT2D eigenvalue weighted by Crippen LogP contribution is -2.34. The molecule has 0 aromatic rings. The van der Waals surface area contributed by atoms with Crippen molar-refractivity contribution in [1.82, 2.24) is 4.90 Å². The van der Waals surface area contributed by atoms with Crippen LogP contribution in [0.4, 0.5) is 0 Å². The molecule has 2 fully saturated rings. The summed E-state index contributed by atoms with van der Waals surface area (Å²) in [4.78, 5) is 2.58. The summed E-state index contributed by atoms with van der Waals surface area (Å²) in [6, 6.07) is 0. The van der Waals surface area contributed by atoms with Crippen LogP contribution in [0.15, 0.2) is 0 Å². The number of rotatable bonds is 7. The second kappa shape index (κ2) is 7.58. The quantitative estimate of drug-likeness (QED) is 0.665. The molecule has 19 heavy (non-hydrogen) atoms. The topological polar surface area (TPSA) is 30.9 Å². The highest BCUT2D eigenvalue weighted by molar-refractivity contribution is 4.91. The van der Waals surface area contributed by atoms with Crippen LogP contribution in [-0.2, 0) is 14.2 Å². The Balaban J connectivity index is 1.71. The van der Waals surface area contributed by atoms with E-state index in [0.717, 1.165) is 39.4 Å². The molecule has 0 N–H and O–H groups in total. The molecule has 0 aromatic carbocycles. The Morgan fingerprint density at radius 3 is 2.42 bits per heavy atom. The van der Waals surface area contributed by atoms with Gasteiger partial charge in [-0.2, -0.15) is 0 Å². The largest absolute Gasteiger partial charge is 0.381 e. The molecule has 0 bridgehead atoms.